The third-order valence-electron chi connectivity index (χ3n) is 0. The van der Waals surface area contributed by atoms with Crippen LogP contribution in [0.15, 0.2) is 0 Å². The second kappa shape index (κ2) is 75000. The molecular formula is C6H8FeIKN6. The molecule has 0 atom stereocenters. The first-order valence-electron chi connectivity index (χ1n) is 1.55. The van der Waals surface area contributed by atoms with Crippen LogP contribution in [-0.4, -0.2) is 51.4 Å². The summed E-state index contributed by atoms with van der Waals surface area (Å²) in [4.78, 5) is 0. The third kappa shape index (κ3) is 63700. The summed E-state index contributed by atoms with van der Waals surface area (Å²) < 4.78 is 0. The Labute approximate surface area is 161 Å². The van der Waals surface area contributed by atoms with Crippen LogP contribution in [0.4, 0.5) is 0 Å². The number of nitriles is 6. The maximum atomic E-state index is 6.50. The zero-order valence-corrected chi connectivity index (χ0v) is 10.3. The van der Waals surface area contributed by atoms with Crippen LogP contribution in [0.5, 0.6) is 0 Å². The van der Waals surface area contributed by atoms with Gasteiger partial charge in [0.05, 0.1) is 0 Å². The van der Waals surface area contributed by atoms with Gasteiger partial charge in [-0.3, -0.25) is 0 Å². The molecule has 0 amide bonds. The summed E-state index contributed by atoms with van der Waals surface area (Å²) in [6, 6.07) is 0. The van der Waals surface area contributed by atoms with Gasteiger partial charge in [-0.25, -0.2) is 31.6 Å². The molecule has 0 aliphatic carbocycles. The number of hydrogen-bond donors (Lipinski definition) is 0. The molecule has 0 bridgehead atoms. The predicted molar refractivity (Wildman–Crippen MR) is 62.6 cm³/mol. The Hall–Kier alpha value is -0.174. The molecule has 0 rings (SSSR count). The first-order valence-corrected chi connectivity index (χ1v) is 1.55. The van der Waals surface area contributed by atoms with Crippen molar-refractivity contribution in [3.63, 3.8) is 0 Å². The Balaban J connectivity index is -0.00000000396. The number of rotatable bonds is 0. The molecule has 0 aromatic rings. The fraction of sp³-hybridized carbons (Fsp3) is 0. The normalized spacial score (nSPS) is 0.800. The van der Waals surface area contributed by atoms with Crippen molar-refractivity contribution in [2.24, 2.45) is 0 Å². The minimum atomic E-state index is 0. The topological polar surface area (TPSA) is 143 Å². The molecule has 0 saturated heterocycles. The van der Waals surface area contributed by atoms with E-state index in [0.717, 1.165) is 0 Å². The average molecular weight is 386 g/mol. The first kappa shape index (κ1) is 83.5. The maximum absolute atomic E-state index is 6.50. The van der Waals surface area contributed by atoms with Crippen LogP contribution >= 0.6 is 24.0 Å². The van der Waals surface area contributed by atoms with Gasteiger partial charge in [-0.2, -0.15) is 0 Å². The van der Waals surface area contributed by atoms with E-state index in [1.807, 2.05) is 0 Å². The zero-order chi connectivity index (χ0) is 12.0. The summed E-state index contributed by atoms with van der Waals surface area (Å²) in [5.41, 5.74) is 0. The molecule has 9 heteroatoms. The Morgan fingerprint density at radius 3 is 0.400 bits per heavy atom. The fourth-order valence-corrected chi connectivity index (χ4v) is 0. The van der Waals surface area contributed by atoms with Crippen LogP contribution in [-0.2, 0) is 17.1 Å². The summed E-state index contributed by atoms with van der Waals surface area (Å²) >= 11 is 0. The van der Waals surface area contributed by atoms with E-state index in [0.29, 0.717) is 0 Å². The summed E-state index contributed by atoms with van der Waals surface area (Å²) in [7, 11) is 0. The van der Waals surface area contributed by atoms with E-state index in [1.54, 1.807) is 0 Å². The minimum absolute atomic E-state index is 0. The van der Waals surface area contributed by atoms with E-state index in [4.69, 9.17) is 31.6 Å². The quantitative estimate of drug-likeness (QED) is 0.445. The van der Waals surface area contributed by atoms with Gasteiger partial charge in [-0.1, -0.05) is 0 Å². The Morgan fingerprint density at radius 1 is 0.400 bits per heavy atom. The molecule has 0 N–H and O–H groups in total. The van der Waals surface area contributed by atoms with Gasteiger partial charge in [0.1, 0.15) is 0 Å². The molecule has 0 fully saturated rings. The van der Waals surface area contributed by atoms with Crippen molar-refractivity contribution in [1.82, 2.24) is 0 Å². The van der Waals surface area contributed by atoms with Gasteiger partial charge in [-0.05, 0) is 0 Å². The molecule has 0 radical (unpaired) electrons. The third-order valence-corrected chi connectivity index (χ3v) is 0. The van der Waals surface area contributed by atoms with Gasteiger partial charge in [0, 0.05) is 56.5 Å². The predicted octanol–water partition coefficient (Wildman–Crippen LogP) is 0.806. The number of hydrogen-bond acceptors (Lipinski definition) is 6. The molecule has 0 aromatic heterocycles. The zero-order valence-electron chi connectivity index (χ0n) is 6.91. The monoisotopic (exact) mass is 386 g/mol. The standard InChI is InChI=1S/6CHN.Fe.HI.K.H/c6*1-2;;;;/h6*1H;;1H;;. The summed E-state index contributed by atoms with van der Waals surface area (Å²) in [6.07, 6.45) is 0. The number of nitrogens with zero attached hydrogens (tertiary/aromatic N) is 6. The number of halogens is 1. The van der Waals surface area contributed by atoms with Crippen molar-refractivity contribution < 1.29 is 17.1 Å². The molecule has 0 unspecified atom stereocenters. The molecule has 15 heavy (non-hydrogen) atoms. The molecule has 0 aliphatic rings. The van der Waals surface area contributed by atoms with E-state index in [-0.39, 0.29) is 92.4 Å². The van der Waals surface area contributed by atoms with Gasteiger partial charge in [0.2, 0.25) is 0 Å². The molecule has 78 valence electrons. The van der Waals surface area contributed by atoms with Crippen LogP contribution in [0.2, 0.25) is 0 Å². The van der Waals surface area contributed by atoms with Crippen LogP contribution in [0.3, 0.4) is 0 Å². The fourth-order valence-electron chi connectivity index (χ4n) is 0. The van der Waals surface area contributed by atoms with Crippen molar-refractivity contribution in [3.05, 3.63) is 0 Å². The van der Waals surface area contributed by atoms with Gasteiger partial charge in [0.25, 0.3) is 0 Å². The van der Waals surface area contributed by atoms with Crippen molar-refractivity contribution in [2.75, 3.05) is 0 Å². The molecule has 0 spiro atoms. The molecule has 6 nitrogen and oxygen atoms in total. The summed E-state index contributed by atoms with van der Waals surface area (Å²) in [5, 5.41) is 39.0. The molecule has 0 aromatic carbocycles. The van der Waals surface area contributed by atoms with Gasteiger partial charge < -0.3 is 0 Å². The Bertz CT molecular complexity index is 103. The van der Waals surface area contributed by atoms with Crippen LogP contribution in [0.1, 0.15) is 0 Å². The summed E-state index contributed by atoms with van der Waals surface area (Å²) in [5.74, 6) is 0. The van der Waals surface area contributed by atoms with Crippen LogP contribution in [0, 0.1) is 71.0 Å². The van der Waals surface area contributed by atoms with E-state index in [2.05, 4.69) is 39.4 Å². The molecule has 0 saturated carbocycles. The van der Waals surface area contributed by atoms with Crippen molar-refractivity contribution in [2.45, 2.75) is 0 Å². The van der Waals surface area contributed by atoms with E-state index in [1.165, 1.54) is 0 Å². The van der Waals surface area contributed by atoms with Gasteiger partial charge >= 0.3 is 51.4 Å². The van der Waals surface area contributed by atoms with Crippen molar-refractivity contribution >= 4 is 75.4 Å². The van der Waals surface area contributed by atoms with Gasteiger partial charge in [0.15, 0.2) is 0 Å². The molecule has 0 heterocycles. The van der Waals surface area contributed by atoms with E-state index < -0.39 is 0 Å². The van der Waals surface area contributed by atoms with Crippen LogP contribution in [0.25, 0.3) is 0 Å². The van der Waals surface area contributed by atoms with Gasteiger partial charge in [-0.15, -0.1) is 24.0 Å². The summed E-state index contributed by atoms with van der Waals surface area (Å²) in [6.45, 7) is 21.0. The van der Waals surface area contributed by atoms with Crippen molar-refractivity contribution in [1.29, 1.82) is 31.6 Å². The average Bonchev–Trinajstić information content (AvgIpc) is 2.33. The van der Waals surface area contributed by atoms with E-state index in [9.17, 15) is 0 Å². The second-order valence-corrected chi connectivity index (χ2v) is 0. The van der Waals surface area contributed by atoms with Crippen LogP contribution < -0.4 is 0 Å². The van der Waals surface area contributed by atoms with E-state index >= 15 is 0 Å². The first-order chi connectivity index (χ1) is 6.00. The Kier molecular flexibility index (Phi) is 417000. The van der Waals surface area contributed by atoms with Crippen molar-refractivity contribution in [3.8, 4) is 39.4 Å². The second-order valence-electron chi connectivity index (χ2n) is 0. The Morgan fingerprint density at radius 2 is 0.400 bits per heavy atom. The molecule has 0 aliphatic heterocycles. The SMILES string of the molecule is C#N.C#N.C#N.C#N.C#N.C#N.I.[Fe].[KH]. The molecular weight excluding hydrogens is 378 g/mol.